The molecule has 0 spiro atoms. The van der Waals surface area contributed by atoms with Gasteiger partial charge in [-0.3, -0.25) is 0 Å². The maximum Gasteiger partial charge on any atom is 0.178 e. The number of para-hydroxylation sites is 1. The smallest absolute Gasteiger partial charge is 0.178 e. The van der Waals surface area contributed by atoms with Gasteiger partial charge in [0.1, 0.15) is 11.3 Å². The van der Waals surface area contributed by atoms with Crippen molar-refractivity contribution < 1.29 is 4.74 Å². The van der Waals surface area contributed by atoms with E-state index in [1.54, 1.807) is 0 Å². The molecule has 19 heavy (non-hydrogen) atoms. The van der Waals surface area contributed by atoms with Crippen LogP contribution in [0, 0.1) is 10.7 Å². The number of rotatable bonds is 6. The summed E-state index contributed by atoms with van der Waals surface area (Å²) < 4.78 is 8.64. The van der Waals surface area contributed by atoms with Crippen LogP contribution in [0.1, 0.15) is 33.6 Å². The second-order valence-electron chi connectivity index (χ2n) is 4.81. The van der Waals surface area contributed by atoms with Crippen molar-refractivity contribution in [2.24, 2.45) is 5.92 Å². The van der Waals surface area contributed by atoms with E-state index in [2.05, 4.69) is 29.5 Å². The van der Waals surface area contributed by atoms with Gasteiger partial charge in [-0.1, -0.05) is 32.8 Å². The molecule has 1 aromatic carbocycles. The number of aromatic nitrogens is 2. The number of nitrogens with zero attached hydrogens (tertiary/aromatic N) is 1. The molecule has 4 heteroatoms. The molecule has 0 atom stereocenters. The Hall–Kier alpha value is -1.29. The first-order valence-electron chi connectivity index (χ1n) is 7.05. The zero-order chi connectivity index (χ0) is 13.8. The van der Waals surface area contributed by atoms with Crippen LogP contribution in [0.2, 0.25) is 0 Å². The van der Waals surface area contributed by atoms with Crippen molar-refractivity contribution in [1.29, 1.82) is 0 Å². The number of aromatic amines is 1. The SMILES string of the molecule is CCOc1cccc2c1[nH]c(=S)n2CC(CC)CC. The Labute approximate surface area is 119 Å². The molecular weight excluding hydrogens is 256 g/mol. The Morgan fingerprint density at radius 1 is 1.26 bits per heavy atom. The van der Waals surface area contributed by atoms with Crippen molar-refractivity contribution in [2.75, 3.05) is 6.61 Å². The van der Waals surface area contributed by atoms with Crippen molar-refractivity contribution in [2.45, 2.75) is 40.2 Å². The minimum Gasteiger partial charge on any atom is -0.492 e. The molecule has 2 aromatic rings. The minimum atomic E-state index is 0.664. The standard InChI is InChI=1S/C15H22N2OS/c1-4-11(5-2)10-17-12-8-7-9-13(18-6-3)14(12)16-15(17)19/h7-9,11H,4-6,10H2,1-3H3,(H,16,19). The topological polar surface area (TPSA) is 29.9 Å². The van der Waals surface area contributed by atoms with Crippen LogP contribution in [0.3, 0.4) is 0 Å². The third-order valence-corrected chi connectivity index (χ3v) is 3.99. The van der Waals surface area contributed by atoms with Crippen LogP contribution in [0.25, 0.3) is 11.0 Å². The van der Waals surface area contributed by atoms with Gasteiger partial charge in [-0.05, 0) is 37.2 Å². The van der Waals surface area contributed by atoms with Crippen LogP contribution in [0.5, 0.6) is 5.75 Å². The quantitative estimate of drug-likeness (QED) is 0.787. The van der Waals surface area contributed by atoms with Gasteiger partial charge in [0.15, 0.2) is 4.77 Å². The Bertz CT molecular complexity index is 596. The highest BCUT2D eigenvalue weighted by atomic mass is 32.1. The van der Waals surface area contributed by atoms with Gasteiger partial charge in [0, 0.05) is 6.54 Å². The Balaban J connectivity index is 2.47. The molecule has 0 radical (unpaired) electrons. The third-order valence-electron chi connectivity index (χ3n) is 3.67. The maximum atomic E-state index is 5.65. The molecule has 1 heterocycles. The van der Waals surface area contributed by atoms with Crippen LogP contribution in [0.4, 0.5) is 0 Å². The highest BCUT2D eigenvalue weighted by Crippen LogP contribution is 2.26. The number of imidazole rings is 1. The molecule has 104 valence electrons. The first kappa shape index (κ1) is 14.1. The predicted molar refractivity (Wildman–Crippen MR) is 82.4 cm³/mol. The normalized spacial score (nSPS) is 11.4. The van der Waals surface area contributed by atoms with Crippen molar-refractivity contribution >= 4 is 23.3 Å². The molecule has 0 bridgehead atoms. The highest BCUT2D eigenvalue weighted by molar-refractivity contribution is 7.71. The summed E-state index contributed by atoms with van der Waals surface area (Å²) in [6, 6.07) is 6.12. The van der Waals surface area contributed by atoms with Gasteiger partial charge < -0.3 is 14.3 Å². The minimum absolute atomic E-state index is 0.664. The lowest BCUT2D eigenvalue weighted by molar-refractivity contribution is 0.343. The van der Waals surface area contributed by atoms with E-state index in [-0.39, 0.29) is 0 Å². The molecule has 0 fully saturated rings. The van der Waals surface area contributed by atoms with Crippen molar-refractivity contribution in [3.8, 4) is 5.75 Å². The van der Waals surface area contributed by atoms with Crippen LogP contribution in [-0.4, -0.2) is 16.2 Å². The second kappa shape index (κ2) is 6.24. The first-order chi connectivity index (χ1) is 9.21. The van der Waals surface area contributed by atoms with Gasteiger partial charge in [-0.15, -0.1) is 0 Å². The Kier molecular flexibility index (Phi) is 4.64. The molecule has 0 aliphatic carbocycles. The van der Waals surface area contributed by atoms with Crippen LogP contribution in [-0.2, 0) is 6.54 Å². The molecular formula is C15H22N2OS. The average molecular weight is 278 g/mol. The van der Waals surface area contributed by atoms with E-state index in [1.165, 1.54) is 12.8 Å². The van der Waals surface area contributed by atoms with E-state index in [4.69, 9.17) is 17.0 Å². The Morgan fingerprint density at radius 3 is 2.63 bits per heavy atom. The fourth-order valence-electron chi connectivity index (χ4n) is 2.42. The molecule has 3 nitrogen and oxygen atoms in total. The molecule has 0 saturated carbocycles. The molecule has 1 N–H and O–H groups in total. The monoisotopic (exact) mass is 278 g/mol. The lowest BCUT2D eigenvalue weighted by Crippen LogP contribution is -2.09. The van der Waals surface area contributed by atoms with Gasteiger partial charge in [0.25, 0.3) is 0 Å². The molecule has 0 unspecified atom stereocenters. The van der Waals surface area contributed by atoms with Gasteiger partial charge in [0.05, 0.1) is 12.1 Å². The Morgan fingerprint density at radius 2 is 2.00 bits per heavy atom. The number of H-pyrrole nitrogens is 1. The highest BCUT2D eigenvalue weighted by Gasteiger charge is 2.12. The largest absolute Gasteiger partial charge is 0.492 e. The average Bonchev–Trinajstić information content (AvgIpc) is 2.73. The molecule has 0 aliphatic rings. The van der Waals surface area contributed by atoms with Crippen molar-refractivity contribution in [3.63, 3.8) is 0 Å². The summed E-state index contributed by atoms with van der Waals surface area (Å²) in [7, 11) is 0. The zero-order valence-electron chi connectivity index (χ0n) is 11.9. The maximum absolute atomic E-state index is 5.65. The molecule has 2 rings (SSSR count). The van der Waals surface area contributed by atoms with Crippen molar-refractivity contribution in [1.82, 2.24) is 9.55 Å². The summed E-state index contributed by atoms with van der Waals surface area (Å²) >= 11 is 5.46. The van der Waals surface area contributed by atoms with E-state index < -0.39 is 0 Å². The number of fused-ring (bicyclic) bond motifs is 1. The van der Waals surface area contributed by atoms with E-state index in [9.17, 15) is 0 Å². The molecule has 0 aliphatic heterocycles. The molecule has 1 aromatic heterocycles. The summed E-state index contributed by atoms with van der Waals surface area (Å²) in [5.41, 5.74) is 2.16. The number of hydrogen-bond acceptors (Lipinski definition) is 2. The summed E-state index contributed by atoms with van der Waals surface area (Å²) in [5, 5.41) is 0. The third kappa shape index (κ3) is 2.84. The lowest BCUT2D eigenvalue weighted by atomic mass is 10.0. The molecule has 0 amide bonds. The van der Waals surface area contributed by atoms with Gasteiger partial charge in [-0.25, -0.2) is 0 Å². The summed E-state index contributed by atoms with van der Waals surface area (Å²) in [6.07, 6.45) is 2.35. The summed E-state index contributed by atoms with van der Waals surface area (Å²) in [6.45, 7) is 8.10. The van der Waals surface area contributed by atoms with Gasteiger partial charge >= 0.3 is 0 Å². The number of benzene rings is 1. The number of ether oxygens (including phenoxy) is 1. The van der Waals surface area contributed by atoms with E-state index in [0.717, 1.165) is 28.1 Å². The molecule has 0 saturated heterocycles. The van der Waals surface area contributed by atoms with Gasteiger partial charge in [0.2, 0.25) is 0 Å². The number of hydrogen-bond donors (Lipinski definition) is 1. The van der Waals surface area contributed by atoms with Gasteiger partial charge in [-0.2, -0.15) is 0 Å². The fourth-order valence-corrected chi connectivity index (χ4v) is 2.69. The van der Waals surface area contributed by atoms with Crippen LogP contribution in [0.15, 0.2) is 18.2 Å². The van der Waals surface area contributed by atoms with Crippen molar-refractivity contribution in [3.05, 3.63) is 23.0 Å². The van der Waals surface area contributed by atoms with E-state index in [1.807, 2.05) is 19.1 Å². The van der Waals surface area contributed by atoms with Crippen LogP contribution >= 0.6 is 12.2 Å². The zero-order valence-corrected chi connectivity index (χ0v) is 12.7. The second-order valence-corrected chi connectivity index (χ2v) is 5.19. The number of nitrogens with one attached hydrogen (secondary N) is 1. The first-order valence-corrected chi connectivity index (χ1v) is 7.46. The predicted octanol–water partition coefficient (Wildman–Crippen LogP) is 4.53. The van der Waals surface area contributed by atoms with E-state index in [0.29, 0.717) is 12.5 Å². The lowest BCUT2D eigenvalue weighted by Gasteiger charge is -2.14. The fraction of sp³-hybridized carbons (Fsp3) is 0.533. The summed E-state index contributed by atoms with van der Waals surface area (Å²) in [4.78, 5) is 3.29. The summed E-state index contributed by atoms with van der Waals surface area (Å²) in [5.74, 6) is 1.55. The van der Waals surface area contributed by atoms with E-state index >= 15 is 0 Å². The van der Waals surface area contributed by atoms with Crippen LogP contribution < -0.4 is 4.74 Å².